The number of rotatable bonds is 4. The van der Waals surface area contributed by atoms with Crippen LogP contribution in [-0.4, -0.2) is 25.7 Å². The highest BCUT2D eigenvalue weighted by atomic mass is 16.7. The molecule has 2 heterocycles. The molecule has 0 bridgehead atoms. The van der Waals surface area contributed by atoms with Gasteiger partial charge in [-0.3, -0.25) is 0 Å². The largest absolute Gasteiger partial charge is 0.367 e. The van der Waals surface area contributed by atoms with Crippen molar-refractivity contribution < 1.29 is 9.63 Å². The van der Waals surface area contributed by atoms with Crippen molar-refractivity contribution >= 4 is 27.9 Å². The minimum atomic E-state index is -0.435. The zero-order valence-corrected chi connectivity index (χ0v) is 17.6. The number of nitrogens with zero attached hydrogens (tertiary/aromatic N) is 4. The molecule has 0 saturated carbocycles. The van der Waals surface area contributed by atoms with Crippen LogP contribution in [0.4, 0.5) is 0 Å². The van der Waals surface area contributed by atoms with Crippen molar-refractivity contribution in [2.24, 2.45) is 0 Å². The van der Waals surface area contributed by atoms with E-state index in [4.69, 9.17) is 4.84 Å². The van der Waals surface area contributed by atoms with Crippen molar-refractivity contribution in [1.29, 1.82) is 0 Å². The Hall–Kier alpha value is -3.93. The van der Waals surface area contributed by atoms with E-state index in [-0.39, 0.29) is 0 Å². The molecule has 0 amide bonds. The lowest BCUT2D eigenvalue weighted by atomic mass is 9.95. The summed E-state index contributed by atoms with van der Waals surface area (Å²) in [5.74, 6) is -0.435. The molecule has 0 radical (unpaired) electrons. The number of para-hydroxylation sites is 2. The molecule has 0 aliphatic heterocycles. The van der Waals surface area contributed by atoms with Gasteiger partial charge in [-0.1, -0.05) is 59.4 Å². The van der Waals surface area contributed by atoms with Crippen molar-refractivity contribution in [1.82, 2.24) is 19.7 Å². The fraction of sp³-hybridized carbons (Fsp3) is 0.192. The lowest BCUT2D eigenvalue weighted by Gasteiger charge is -2.16. The average Bonchev–Trinajstić information content (AvgIpc) is 3.39. The molecule has 2 aromatic heterocycles. The fourth-order valence-corrected chi connectivity index (χ4v) is 4.84. The number of fused-ring (bicyclic) bond motifs is 4. The van der Waals surface area contributed by atoms with Crippen molar-refractivity contribution in [3.63, 3.8) is 0 Å². The molecule has 0 spiro atoms. The summed E-state index contributed by atoms with van der Waals surface area (Å²) in [7, 11) is 0. The summed E-state index contributed by atoms with van der Waals surface area (Å²) in [5.41, 5.74) is 6.74. The van der Waals surface area contributed by atoms with Crippen LogP contribution >= 0.6 is 0 Å². The first-order chi connectivity index (χ1) is 15.8. The summed E-state index contributed by atoms with van der Waals surface area (Å²) in [4.78, 5) is 20.3. The number of carbonyl (C=O) groups is 1. The monoisotopic (exact) mass is 422 g/mol. The SMILES string of the molecule is O=C(On1nnc2ccccc21)c1cccc2c3c(n(Cc4ccccc4)c12)CCCC3. The molecule has 158 valence electrons. The summed E-state index contributed by atoms with van der Waals surface area (Å²) in [6.07, 6.45) is 4.42. The maximum Gasteiger partial charge on any atom is 0.367 e. The van der Waals surface area contributed by atoms with Gasteiger partial charge in [0.15, 0.2) is 0 Å². The van der Waals surface area contributed by atoms with E-state index < -0.39 is 5.97 Å². The lowest BCUT2D eigenvalue weighted by Crippen LogP contribution is -2.22. The first-order valence-corrected chi connectivity index (χ1v) is 11.0. The topological polar surface area (TPSA) is 61.9 Å². The van der Waals surface area contributed by atoms with Gasteiger partial charge in [0.1, 0.15) is 11.0 Å². The van der Waals surface area contributed by atoms with Crippen LogP contribution in [-0.2, 0) is 19.4 Å². The van der Waals surface area contributed by atoms with Gasteiger partial charge >= 0.3 is 5.97 Å². The van der Waals surface area contributed by atoms with Gasteiger partial charge in [0, 0.05) is 17.6 Å². The fourth-order valence-electron chi connectivity index (χ4n) is 4.84. The first kappa shape index (κ1) is 18.8. The summed E-state index contributed by atoms with van der Waals surface area (Å²) in [5, 5.41) is 9.24. The van der Waals surface area contributed by atoms with Crippen molar-refractivity contribution in [3.8, 4) is 0 Å². The van der Waals surface area contributed by atoms with Crippen LogP contribution in [0.3, 0.4) is 0 Å². The quantitative estimate of drug-likeness (QED) is 0.398. The zero-order chi connectivity index (χ0) is 21.5. The molecular weight excluding hydrogens is 400 g/mol. The second-order valence-corrected chi connectivity index (χ2v) is 8.24. The standard InChI is InChI=1S/C26H22N4O2/c31-26(32-30-24-16-7-5-14-22(24)27-28-30)21-13-8-12-20-19-11-4-6-15-23(19)29(25(20)21)17-18-9-2-1-3-10-18/h1-3,5,7-10,12-14,16H,4,6,11,15,17H2. The van der Waals surface area contributed by atoms with Crippen LogP contribution in [0, 0.1) is 0 Å². The Kier molecular flexibility index (Phi) is 4.49. The number of benzene rings is 3. The summed E-state index contributed by atoms with van der Waals surface area (Å²) in [6, 6.07) is 23.7. The molecule has 3 aromatic carbocycles. The van der Waals surface area contributed by atoms with Gasteiger partial charge in [-0.2, -0.15) is 0 Å². The van der Waals surface area contributed by atoms with E-state index in [2.05, 4.69) is 45.2 Å². The highest BCUT2D eigenvalue weighted by Crippen LogP contribution is 2.34. The number of hydrogen-bond donors (Lipinski definition) is 0. The predicted molar refractivity (Wildman–Crippen MR) is 123 cm³/mol. The van der Waals surface area contributed by atoms with E-state index in [1.165, 1.54) is 34.5 Å². The summed E-state index contributed by atoms with van der Waals surface area (Å²) in [6.45, 7) is 0.725. The molecule has 5 aromatic rings. The number of aryl methyl sites for hydroxylation is 1. The Morgan fingerprint density at radius 2 is 1.72 bits per heavy atom. The van der Waals surface area contributed by atoms with Gasteiger partial charge in [0.05, 0.1) is 11.1 Å². The molecule has 1 aliphatic carbocycles. The number of hydrogen-bond acceptors (Lipinski definition) is 4. The molecule has 32 heavy (non-hydrogen) atoms. The normalized spacial score (nSPS) is 13.4. The van der Waals surface area contributed by atoms with E-state index in [1.807, 2.05) is 42.5 Å². The molecule has 0 fully saturated rings. The van der Waals surface area contributed by atoms with Gasteiger partial charge < -0.3 is 9.40 Å². The first-order valence-electron chi connectivity index (χ1n) is 11.0. The molecule has 1 aliphatic rings. The van der Waals surface area contributed by atoms with E-state index in [0.29, 0.717) is 16.6 Å². The van der Waals surface area contributed by atoms with Crippen molar-refractivity contribution in [2.75, 3.05) is 0 Å². The van der Waals surface area contributed by atoms with Crippen LogP contribution < -0.4 is 4.84 Å². The Morgan fingerprint density at radius 1 is 0.906 bits per heavy atom. The highest BCUT2D eigenvalue weighted by Gasteiger charge is 2.25. The Morgan fingerprint density at radius 3 is 2.62 bits per heavy atom. The molecule has 6 nitrogen and oxygen atoms in total. The van der Waals surface area contributed by atoms with E-state index in [9.17, 15) is 4.79 Å². The Bertz CT molecular complexity index is 1450. The summed E-state index contributed by atoms with van der Waals surface area (Å²) >= 11 is 0. The number of aromatic nitrogens is 4. The van der Waals surface area contributed by atoms with E-state index >= 15 is 0 Å². The van der Waals surface area contributed by atoms with Crippen LogP contribution in [0.25, 0.3) is 21.9 Å². The minimum Gasteiger partial charge on any atom is -0.339 e. The van der Waals surface area contributed by atoms with Gasteiger partial charge in [-0.05, 0) is 60.2 Å². The highest BCUT2D eigenvalue weighted by molar-refractivity contribution is 6.05. The maximum absolute atomic E-state index is 13.4. The van der Waals surface area contributed by atoms with E-state index in [0.717, 1.165) is 30.3 Å². The van der Waals surface area contributed by atoms with Crippen LogP contribution in [0.15, 0.2) is 72.8 Å². The number of carbonyl (C=O) groups excluding carboxylic acids is 1. The van der Waals surface area contributed by atoms with Crippen molar-refractivity contribution in [3.05, 3.63) is 95.2 Å². The molecule has 0 atom stereocenters. The van der Waals surface area contributed by atoms with Crippen molar-refractivity contribution in [2.45, 2.75) is 32.2 Å². The Balaban J connectivity index is 1.48. The van der Waals surface area contributed by atoms with Crippen LogP contribution in [0.1, 0.15) is 40.0 Å². The van der Waals surface area contributed by atoms with Gasteiger partial charge in [-0.25, -0.2) is 4.79 Å². The van der Waals surface area contributed by atoms with Gasteiger partial charge in [0.2, 0.25) is 0 Å². The molecule has 0 N–H and O–H groups in total. The predicted octanol–water partition coefficient (Wildman–Crippen LogP) is 4.58. The molecular formula is C26H22N4O2. The zero-order valence-electron chi connectivity index (χ0n) is 17.6. The average molecular weight is 422 g/mol. The molecule has 0 saturated heterocycles. The third kappa shape index (κ3) is 3.07. The Labute approximate surface area is 185 Å². The second kappa shape index (κ2) is 7.64. The smallest absolute Gasteiger partial charge is 0.339 e. The second-order valence-electron chi connectivity index (χ2n) is 8.24. The third-order valence-electron chi connectivity index (χ3n) is 6.29. The molecule has 6 heteroatoms. The van der Waals surface area contributed by atoms with Crippen LogP contribution in [0.5, 0.6) is 0 Å². The van der Waals surface area contributed by atoms with Gasteiger partial charge in [0.25, 0.3) is 0 Å². The third-order valence-corrected chi connectivity index (χ3v) is 6.29. The molecule has 6 rings (SSSR count). The minimum absolute atomic E-state index is 0.435. The van der Waals surface area contributed by atoms with Crippen LogP contribution in [0.2, 0.25) is 0 Å². The lowest BCUT2D eigenvalue weighted by molar-refractivity contribution is 0.0410. The molecule has 0 unspecified atom stereocenters. The maximum atomic E-state index is 13.4. The summed E-state index contributed by atoms with van der Waals surface area (Å²) < 4.78 is 2.31. The van der Waals surface area contributed by atoms with E-state index in [1.54, 1.807) is 0 Å². The van der Waals surface area contributed by atoms with Gasteiger partial charge in [-0.15, -0.1) is 5.10 Å².